The second kappa shape index (κ2) is 10.0. The maximum atomic E-state index is 12.9. The molecule has 6 nitrogen and oxygen atoms in total. The molecule has 3 N–H and O–H groups in total. The lowest BCUT2D eigenvalue weighted by atomic mass is 9.90. The highest BCUT2D eigenvalue weighted by atomic mass is 16.5. The summed E-state index contributed by atoms with van der Waals surface area (Å²) in [5.74, 6) is 0.581. The van der Waals surface area contributed by atoms with Gasteiger partial charge in [-0.1, -0.05) is 38.5 Å². The maximum absolute atomic E-state index is 12.9. The third kappa shape index (κ3) is 6.28. The lowest BCUT2D eigenvalue weighted by Crippen LogP contribution is -2.49. The number of ether oxygens (including phenoxy) is 1. The van der Waals surface area contributed by atoms with E-state index in [2.05, 4.69) is 24.1 Å². The largest absolute Gasteiger partial charge is 0.493 e. The Kier molecular flexibility index (Phi) is 7.98. The second-order valence-corrected chi connectivity index (χ2v) is 8.62. The van der Waals surface area contributed by atoms with Crippen molar-refractivity contribution < 1.29 is 19.7 Å². The summed E-state index contributed by atoms with van der Waals surface area (Å²) in [6.45, 7) is 9.58. The molecule has 0 aliphatic rings. The molecule has 0 aliphatic carbocycles. The summed E-state index contributed by atoms with van der Waals surface area (Å²) in [6, 6.07) is 11.6. The monoisotopic (exact) mass is 414 g/mol. The molecule has 1 heterocycles. The Labute approximate surface area is 179 Å². The van der Waals surface area contributed by atoms with Gasteiger partial charge in [-0.05, 0) is 62.9 Å². The number of hydrogen-bond acceptors (Lipinski definition) is 5. The first-order chi connectivity index (χ1) is 14.1. The fourth-order valence-electron chi connectivity index (χ4n) is 3.28. The Morgan fingerprint density at radius 2 is 1.80 bits per heavy atom. The van der Waals surface area contributed by atoms with Gasteiger partial charge in [-0.25, -0.2) is 0 Å². The zero-order valence-electron chi connectivity index (χ0n) is 18.6. The molecule has 3 atom stereocenters. The van der Waals surface area contributed by atoms with Crippen LogP contribution in [0.2, 0.25) is 0 Å². The lowest BCUT2D eigenvalue weighted by Gasteiger charge is -2.33. The molecule has 1 aromatic carbocycles. The smallest absolute Gasteiger partial charge is 0.258 e. The van der Waals surface area contributed by atoms with Crippen LogP contribution in [0.3, 0.4) is 0 Å². The molecule has 1 aromatic heterocycles. The molecule has 0 radical (unpaired) electrons. The van der Waals surface area contributed by atoms with Crippen LogP contribution in [0.1, 0.15) is 64.8 Å². The van der Waals surface area contributed by atoms with Crippen molar-refractivity contribution in [1.29, 1.82) is 0 Å². The van der Waals surface area contributed by atoms with E-state index in [0.717, 1.165) is 18.6 Å². The topological polar surface area (TPSA) is 91.7 Å². The van der Waals surface area contributed by atoms with Crippen molar-refractivity contribution in [1.82, 2.24) is 10.3 Å². The van der Waals surface area contributed by atoms with Gasteiger partial charge in [0.2, 0.25) is 0 Å². The van der Waals surface area contributed by atoms with Crippen molar-refractivity contribution >= 4 is 5.91 Å². The zero-order valence-corrected chi connectivity index (χ0v) is 18.6. The van der Waals surface area contributed by atoms with Gasteiger partial charge in [0, 0.05) is 6.20 Å². The molecule has 0 bridgehead atoms. The van der Waals surface area contributed by atoms with Crippen LogP contribution in [0.5, 0.6) is 5.75 Å². The number of carbonyl (C=O) groups excluding carboxylic acids is 1. The molecule has 6 heteroatoms. The van der Waals surface area contributed by atoms with E-state index < -0.39 is 23.2 Å². The van der Waals surface area contributed by atoms with Crippen LogP contribution in [0.15, 0.2) is 48.7 Å². The van der Waals surface area contributed by atoms with Crippen LogP contribution in [0.4, 0.5) is 0 Å². The van der Waals surface area contributed by atoms with Crippen LogP contribution >= 0.6 is 0 Å². The minimum absolute atomic E-state index is 0.238. The van der Waals surface area contributed by atoms with Crippen molar-refractivity contribution in [2.75, 3.05) is 6.61 Å². The van der Waals surface area contributed by atoms with Crippen LogP contribution in [0.25, 0.3) is 0 Å². The van der Waals surface area contributed by atoms with E-state index >= 15 is 0 Å². The molecule has 0 saturated heterocycles. The second-order valence-electron chi connectivity index (χ2n) is 8.62. The minimum Gasteiger partial charge on any atom is -0.493 e. The average Bonchev–Trinajstić information content (AvgIpc) is 2.71. The third-order valence-corrected chi connectivity index (χ3v) is 5.12. The fraction of sp³-hybridized carbons (Fsp3) is 0.500. The highest BCUT2D eigenvalue weighted by Gasteiger charge is 2.38. The summed E-state index contributed by atoms with van der Waals surface area (Å²) in [4.78, 5) is 16.9. The minimum atomic E-state index is -1.83. The molecule has 2 unspecified atom stereocenters. The van der Waals surface area contributed by atoms with Gasteiger partial charge < -0.3 is 20.3 Å². The van der Waals surface area contributed by atoms with Crippen molar-refractivity contribution in [3.63, 3.8) is 0 Å². The van der Waals surface area contributed by atoms with Gasteiger partial charge in [-0.2, -0.15) is 0 Å². The Balaban J connectivity index is 2.15. The number of pyridine rings is 1. The predicted octanol–water partition coefficient (Wildman–Crippen LogP) is 3.73. The standard InChI is InChI=1S/C24H34N2O4/c1-6-9-17(2)16-30-19-13-11-18(12-14-19)21(23(3,4)28)26-22(27)24(5,29)20-10-7-8-15-25-20/h7-8,10-15,17,21,28-29H,6,9,16H2,1-5H3,(H,26,27)/t17?,21-,24?/m1/s1. The van der Waals surface area contributed by atoms with E-state index in [1.807, 2.05) is 24.3 Å². The van der Waals surface area contributed by atoms with E-state index in [1.54, 1.807) is 32.0 Å². The van der Waals surface area contributed by atoms with Gasteiger partial charge in [0.1, 0.15) is 5.75 Å². The Morgan fingerprint density at radius 1 is 1.13 bits per heavy atom. The fourth-order valence-corrected chi connectivity index (χ4v) is 3.28. The number of aliphatic hydroxyl groups is 2. The quantitative estimate of drug-likeness (QED) is 0.551. The molecule has 2 aromatic rings. The zero-order chi connectivity index (χ0) is 22.4. The van der Waals surface area contributed by atoms with Crippen LogP contribution in [-0.2, 0) is 10.4 Å². The summed E-state index contributed by atoms with van der Waals surface area (Å²) in [5.41, 5.74) is -2.14. The molecule has 30 heavy (non-hydrogen) atoms. The summed E-state index contributed by atoms with van der Waals surface area (Å²) in [7, 11) is 0. The van der Waals surface area contributed by atoms with Crippen molar-refractivity contribution in [2.24, 2.45) is 5.92 Å². The molecule has 0 fully saturated rings. The van der Waals surface area contributed by atoms with Crippen molar-refractivity contribution in [3.05, 3.63) is 59.9 Å². The normalized spacial score (nSPS) is 15.7. The highest BCUT2D eigenvalue weighted by Crippen LogP contribution is 2.29. The SMILES string of the molecule is CCCC(C)COc1ccc([C@@H](NC(=O)C(C)(O)c2ccccn2)C(C)(C)O)cc1. The Morgan fingerprint density at radius 3 is 2.33 bits per heavy atom. The molecule has 164 valence electrons. The molecule has 1 amide bonds. The number of amides is 1. The average molecular weight is 415 g/mol. The van der Waals surface area contributed by atoms with Crippen LogP contribution < -0.4 is 10.1 Å². The van der Waals surface area contributed by atoms with Crippen molar-refractivity contribution in [3.8, 4) is 5.75 Å². The number of carbonyl (C=O) groups is 1. The molecule has 0 spiro atoms. The van der Waals surface area contributed by atoms with Crippen LogP contribution in [-0.4, -0.2) is 33.3 Å². The molecular formula is C24H34N2O4. The van der Waals surface area contributed by atoms with Gasteiger partial charge >= 0.3 is 0 Å². The van der Waals surface area contributed by atoms with Gasteiger partial charge in [-0.15, -0.1) is 0 Å². The maximum Gasteiger partial charge on any atom is 0.258 e. The predicted molar refractivity (Wildman–Crippen MR) is 117 cm³/mol. The molecule has 0 aliphatic heterocycles. The summed E-state index contributed by atoms with van der Waals surface area (Å²) < 4.78 is 5.84. The van der Waals surface area contributed by atoms with E-state index in [9.17, 15) is 15.0 Å². The first-order valence-electron chi connectivity index (χ1n) is 10.5. The lowest BCUT2D eigenvalue weighted by molar-refractivity contribution is -0.142. The number of nitrogens with one attached hydrogen (secondary N) is 1. The number of benzene rings is 1. The van der Waals surface area contributed by atoms with Gasteiger partial charge in [0.15, 0.2) is 5.60 Å². The number of rotatable bonds is 10. The summed E-state index contributed by atoms with van der Waals surface area (Å²) in [6.07, 6.45) is 3.75. The summed E-state index contributed by atoms with van der Waals surface area (Å²) in [5, 5.41) is 24.2. The molecule has 0 saturated carbocycles. The van der Waals surface area contributed by atoms with Crippen molar-refractivity contribution in [2.45, 2.75) is 64.7 Å². The Bertz CT molecular complexity index is 798. The number of hydrogen-bond donors (Lipinski definition) is 3. The molecule has 2 rings (SSSR count). The first kappa shape index (κ1) is 23.8. The van der Waals surface area contributed by atoms with Gasteiger partial charge in [0.25, 0.3) is 5.91 Å². The number of nitrogens with zero attached hydrogens (tertiary/aromatic N) is 1. The van der Waals surface area contributed by atoms with Gasteiger partial charge in [0.05, 0.1) is 23.9 Å². The van der Waals surface area contributed by atoms with Gasteiger partial charge in [-0.3, -0.25) is 9.78 Å². The van der Waals surface area contributed by atoms with E-state index in [0.29, 0.717) is 18.1 Å². The first-order valence-corrected chi connectivity index (χ1v) is 10.5. The van der Waals surface area contributed by atoms with E-state index in [-0.39, 0.29) is 5.69 Å². The third-order valence-electron chi connectivity index (χ3n) is 5.12. The highest BCUT2D eigenvalue weighted by molar-refractivity contribution is 5.85. The Hall–Kier alpha value is -2.44. The van der Waals surface area contributed by atoms with Crippen LogP contribution in [0, 0.1) is 5.92 Å². The van der Waals surface area contributed by atoms with E-state index in [4.69, 9.17) is 4.74 Å². The number of aromatic nitrogens is 1. The summed E-state index contributed by atoms with van der Waals surface area (Å²) >= 11 is 0. The molecular weight excluding hydrogens is 380 g/mol. The van der Waals surface area contributed by atoms with E-state index in [1.165, 1.54) is 13.1 Å².